The Bertz CT molecular complexity index is 2660. The van der Waals surface area contributed by atoms with E-state index in [0.717, 1.165) is 34.9 Å². The molecule has 3 heterocycles. The van der Waals surface area contributed by atoms with E-state index < -0.39 is 8.07 Å². The first kappa shape index (κ1) is 41.9. The molecule has 0 N–H and O–H groups in total. The van der Waals surface area contributed by atoms with Gasteiger partial charge in [-0.1, -0.05) is 161 Å². The Morgan fingerprint density at radius 1 is 0.724 bits per heavy atom. The Kier molecular flexibility index (Phi) is 12.7. The predicted molar refractivity (Wildman–Crippen MR) is 249 cm³/mol. The number of rotatable bonds is 8. The van der Waals surface area contributed by atoms with Crippen molar-refractivity contribution in [1.29, 1.82) is 0 Å². The molecule has 0 atom stereocenters. The SMILES string of the molecule is CC(C)(c1ccnc(-c2[c-]ccc3c2sc2c(-c4ccccc4)cccc23)c1)C1CCCC1.CC(C)Cc1cc(-c2[c-]ccc3ccccc23)ncc1[Si](C)(C)C.[Ir]. The fourth-order valence-corrected chi connectivity index (χ4v) is 11.9. The first-order valence-corrected chi connectivity index (χ1v) is 25.1. The molecule has 1 aliphatic rings. The summed E-state index contributed by atoms with van der Waals surface area (Å²) in [6, 6.07) is 48.1. The van der Waals surface area contributed by atoms with Gasteiger partial charge in [0.25, 0.3) is 0 Å². The van der Waals surface area contributed by atoms with Crippen LogP contribution >= 0.6 is 11.3 Å². The van der Waals surface area contributed by atoms with Gasteiger partial charge in [-0.2, -0.15) is 11.3 Å². The number of pyridine rings is 2. The van der Waals surface area contributed by atoms with Crippen molar-refractivity contribution < 1.29 is 20.1 Å². The minimum Gasteiger partial charge on any atom is -0.305 e. The van der Waals surface area contributed by atoms with Gasteiger partial charge in [-0.25, -0.2) is 0 Å². The Morgan fingerprint density at radius 2 is 1.40 bits per heavy atom. The number of hydrogen-bond donors (Lipinski definition) is 0. The van der Waals surface area contributed by atoms with E-state index >= 15 is 0 Å². The van der Waals surface area contributed by atoms with Gasteiger partial charge in [0.15, 0.2) is 0 Å². The van der Waals surface area contributed by atoms with Gasteiger partial charge in [0.1, 0.15) is 0 Å². The van der Waals surface area contributed by atoms with E-state index in [9.17, 15) is 0 Å². The molecule has 0 aliphatic heterocycles. The molecule has 0 spiro atoms. The molecule has 3 aromatic heterocycles. The molecule has 1 radical (unpaired) electrons. The van der Waals surface area contributed by atoms with Crippen LogP contribution < -0.4 is 5.19 Å². The van der Waals surface area contributed by atoms with E-state index in [1.54, 1.807) is 0 Å². The molecule has 1 aliphatic carbocycles. The van der Waals surface area contributed by atoms with E-state index in [2.05, 4.69) is 175 Å². The summed E-state index contributed by atoms with van der Waals surface area (Å²) in [5, 5.41) is 6.56. The molecular formula is C53H54IrN2SSi-2. The molecule has 0 saturated heterocycles. The topological polar surface area (TPSA) is 25.8 Å². The smallest absolute Gasteiger partial charge is 0.0798 e. The van der Waals surface area contributed by atoms with Crippen LogP contribution in [0.25, 0.3) is 64.6 Å². The van der Waals surface area contributed by atoms with Gasteiger partial charge in [0.2, 0.25) is 0 Å². The van der Waals surface area contributed by atoms with E-state index in [0.29, 0.717) is 5.92 Å². The average Bonchev–Trinajstić information content (AvgIpc) is 3.90. The third kappa shape index (κ3) is 8.56. The van der Waals surface area contributed by atoms with Gasteiger partial charge in [-0.05, 0) is 85.9 Å². The summed E-state index contributed by atoms with van der Waals surface area (Å²) in [5.74, 6) is 1.40. The molecular weight excluding hydrogens is 917 g/mol. The van der Waals surface area contributed by atoms with Crippen LogP contribution in [0.4, 0.5) is 0 Å². The second-order valence-corrected chi connectivity index (χ2v) is 24.0. The number of nitrogens with zero attached hydrogens (tertiary/aromatic N) is 2. The van der Waals surface area contributed by atoms with Crippen molar-refractivity contribution in [3.8, 4) is 33.6 Å². The van der Waals surface area contributed by atoms with Crippen LogP contribution in [-0.4, -0.2) is 18.0 Å². The Labute approximate surface area is 364 Å². The minimum atomic E-state index is -1.39. The van der Waals surface area contributed by atoms with Crippen molar-refractivity contribution in [3.05, 3.63) is 151 Å². The summed E-state index contributed by atoms with van der Waals surface area (Å²) >= 11 is 1.87. The van der Waals surface area contributed by atoms with Crippen molar-refractivity contribution in [2.24, 2.45) is 11.8 Å². The number of thiophene rings is 1. The molecule has 58 heavy (non-hydrogen) atoms. The van der Waals surface area contributed by atoms with E-state index in [1.807, 2.05) is 23.6 Å². The fourth-order valence-electron chi connectivity index (χ4n) is 8.94. The predicted octanol–water partition coefficient (Wildman–Crippen LogP) is 14.5. The second-order valence-electron chi connectivity index (χ2n) is 17.9. The summed E-state index contributed by atoms with van der Waals surface area (Å²) in [6.45, 7) is 16.6. The molecule has 1 saturated carbocycles. The Morgan fingerprint density at radius 3 is 2.16 bits per heavy atom. The zero-order valence-corrected chi connectivity index (χ0v) is 39.2. The van der Waals surface area contributed by atoms with Crippen LogP contribution in [0.1, 0.15) is 64.5 Å². The molecule has 5 heteroatoms. The quantitative estimate of drug-likeness (QED) is 0.112. The minimum absolute atomic E-state index is 0. The van der Waals surface area contributed by atoms with E-state index in [4.69, 9.17) is 9.97 Å². The first-order chi connectivity index (χ1) is 27.5. The van der Waals surface area contributed by atoms with Crippen LogP contribution in [-0.2, 0) is 31.9 Å². The van der Waals surface area contributed by atoms with Crippen LogP contribution in [0.2, 0.25) is 19.6 Å². The number of fused-ring (bicyclic) bond motifs is 4. The number of hydrogen-bond acceptors (Lipinski definition) is 3. The van der Waals surface area contributed by atoms with E-state index in [1.165, 1.54) is 84.1 Å². The van der Waals surface area contributed by atoms with E-state index in [-0.39, 0.29) is 25.5 Å². The Balaban J connectivity index is 0.000000183. The molecule has 297 valence electrons. The van der Waals surface area contributed by atoms with Crippen molar-refractivity contribution >= 4 is 55.5 Å². The number of aromatic nitrogens is 2. The molecule has 9 rings (SSSR count). The maximum atomic E-state index is 4.84. The molecule has 5 aromatic carbocycles. The number of benzene rings is 5. The summed E-state index contributed by atoms with van der Waals surface area (Å²) in [6.07, 6.45) is 10.6. The third-order valence-electron chi connectivity index (χ3n) is 12.1. The monoisotopic (exact) mass is 971 g/mol. The Hall–Kier alpha value is -4.25. The maximum Gasteiger partial charge on any atom is 0.0798 e. The van der Waals surface area contributed by atoms with Gasteiger partial charge in [0.05, 0.1) is 8.07 Å². The van der Waals surface area contributed by atoms with Crippen LogP contribution in [0.15, 0.2) is 128 Å². The first-order valence-electron chi connectivity index (χ1n) is 20.8. The molecule has 8 aromatic rings. The van der Waals surface area contributed by atoms with Crippen LogP contribution in [0.3, 0.4) is 0 Å². The normalized spacial score (nSPS) is 13.5. The van der Waals surface area contributed by atoms with Crippen LogP contribution in [0.5, 0.6) is 0 Å². The summed E-state index contributed by atoms with van der Waals surface area (Å²) < 4.78 is 2.61. The molecule has 0 amide bonds. The van der Waals surface area contributed by atoms with Gasteiger partial charge >= 0.3 is 0 Å². The van der Waals surface area contributed by atoms with Crippen molar-refractivity contribution in [1.82, 2.24) is 9.97 Å². The standard InChI is InChI=1S/C31H28NS.C22H26NSi.Ir/c1-31(2,22-12-6-7-13-22)23-18-19-32-28(20-23)27-17-9-16-26-25-15-8-14-24(29(25)33-30(26)27)21-10-4-3-5-11-21;1-16(2)13-18-14-21(23-15-22(18)24(3,4)5)20-12-8-10-17-9-6-7-11-19(17)20;/h3-5,8-11,14-16,18-20,22H,6-7,12-13H2,1-2H3;6-11,14-16H,13H2,1-5H3;/q2*-1;. The summed E-state index contributed by atoms with van der Waals surface area (Å²) in [5.41, 5.74) is 9.91. The molecule has 0 bridgehead atoms. The maximum absolute atomic E-state index is 4.84. The van der Waals surface area contributed by atoms with Crippen molar-refractivity contribution in [2.75, 3.05) is 0 Å². The fraction of sp³-hybridized carbons (Fsp3) is 0.283. The largest absolute Gasteiger partial charge is 0.305 e. The van der Waals surface area contributed by atoms with Crippen molar-refractivity contribution in [2.45, 2.75) is 84.9 Å². The third-order valence-corrected chi connectivity index (χ3v) is 15.4. The van der Waals surface area contributed by atoms with Gasteiger partial charge < -0.3 is 9.97 Å². The van der Waals surface area contributed by atoms with Gasteiger partial charge in [-0.15, -0.1) is 52.9 Å². The second kappa shape index (κ2) is 17.5. The van der Waals surface area contributed by atoms with Crippen LogP contribution in [0, 0.1) is 24.0 Å². The average molecular weight is 971 g/mol. The summed E-state index contributed by atoms with van der Waals surface area (Å²) in [4.78, 5) is 9.66. The molecule has 2 nitrogen and oxygen atoms in total. The van der Waals surface area contributed by atoms with Gasteiger partial charge in [-0.3, -0.25) is 0 Å². The molecule has 1 fully saturated rings. The zero-order valence-electron chi connectivity index (χ0n) is 35.0. The van der Waals surface area contributed by atoms with Gasteiger partial charge in [0, 0.05) is 37.2 Å². The molecule has 0 unspecified atom stereocenters. The zero-order chi connectivity index (χ0) is 39.7. The van der Waals surface area contributed by atoms with Crippen molar-refractivity contribution in [3.63, 3.8) is 0 Å². The summed E-state index contributed by atoms with van der Waals surface area (Å²) in [7, 11) is -1.39.